The van der Waals surface area contributed by atoms with Crippen LogP contribution in [0.3, 0.4) is 0 Å². The number of hydrogen-bond acceptors (Lipinski definition) is 3. The number of carbonyl (C=O) groups is 2. The van der Waals surface area contributed by atoms with Gasteiger partial charge in [0.05, 0.1) is 10.9 Å². The van der Waals surface area contributed by atoms with Gasteiger partial charge in [-0.3, -0.25) is 9.59 Å². The second kappa shape index (κ2) is 7.53. The molecule has 0 radical (unpaired) electrons. The highest BCUT2D eigenvalue weighted by molar-refractivity contribution is 7.12. The van der Waals surface area contributed by atoms with E-state index in [0.717, 1.165) is 22.8 Å². The van der Waals surface area contributed by atoms with Crippen LogP contribution in [0, 0.1) is 0 Å². The Bertz CT molecular complexity index is 962. The fourth-order valence-electron chi connectivity index (χ4n) is 3.84. The van der Waals surface area contributed by atoms with E-state index in [1.54, 1.807) is 4.90 Å². The Hall–Kier alpha value is -2.66. The SMILES string of the molecule is C[C@@H](NC(=O)[C@H]1CCCN1C(=O)c1cccs1)c1cccc2ccccc12. The zero-order valence-electron chi connectivity index (χ0n) is 15.2. The second-order valence-electron chi connectivity index (χ2n) is 6.93. The summed E-state index contributed by atoms with van der Waals surface area (Å²) >= 11 is 1.42. The predicted octanol–water partition coefficient (Wildman–Crippen LogP) is 4.38. The first-order chi connectivity index (χ1) is 13.1. The summed E-state index contributed by atoms with van der Waals surface area (Å²) in [7, 11) is 0. The van der Waals surface area contributed by atoms with Crippen LogP contribution in [-0.2, 0) is 4.79 Å². The van der Waals surface area contributed by atoms with Crippen LogP contribution in [0.2, 0.25) is 0 Å². The molecule has 5 heteroatoms. The maximum Gasteiger partial charge on any atom is 0.264 e. The quantitative estimate of drug-likeness (QED) is 0.732. The molecule has 1 aromatic heterocycles. The summed E-state index contributed by atoms with van der Waals surface area (Å²) in [5.41, 5.74) is 1.09. The molecule has 0 spiro atoms. The summed E-state index contributed by atoms with van der Waals surface area (Å²) in [5, 5.41) is 7.32. The summed E-state index contributed by atoms with van der Waals surface area (Å²) < 4.78 is 0. The van der Waals surface area contributed by atoms with Crippen LogP contribution in [0.4, 0.5) is 0 Å². The van der Waals surface area contributed by atoms with E-state index in [1.807, 2.05) is 42.6 Å². The average molecular weight is 378 g/mol. The summed E-state index contributed by atoms with van der Waals surface area (Å²) in [5.74, 6) is -0.113. The van der Waals surface area contributed by atoms with Crippen LogP contribution in [0.25, 0.3) is 10.8 Å². The molecule has 1 aliphatic heterocycles. The highest BCUT2D eigenvalue weighted by atomic mass is 32.1. The minimum Gasteiger partial charge on any atom is -0.348 e. The summed E-state index contributed by atoms with van der Waals surface area (Å²) in [6.45, 7) is 2.64. The first-order valence-electron chi connectivity index (χ1n) is 9.27. The fraction of sp³-hybridized carbons (Fsp3) is 0.273. The van der Waals surface area contributed by atoms with Crippen molar-refractivity contribution in [2.75, 3.05) is 6.54 Å². The Kier molecular flexibility index (Phi) is 4.94. The van der Waals surface area contributed by atoms with Gasteiger partial charge in [-0.25, -0.2) is 0 Å². The van der Waals surface area contributed by atoms with Gasteiger partial charge in [0.15, 0.2) is 0 Å². The molecule has 0 bridgehead atoms. The van der Waals surface area contributed by atoms with E-state index in [-0.39, 0.29) is 17.9 Å². The molecule has 1 aliphatic rings. The Labute approximate surface area is 162 Å². The van der Waals surface area contributed by atoms with Crippen LogP contribution in [0.15, 0.2) is 60.0 Å². The molecule has 2 atom stereocenters. The lowest BCUT2D eigenvalue weighted by Crippen LogP contribution is -2.46. The van der Waals surface area contributed by atoms with Crippen molar-refractivity contribution in [3.05, 3.63) is 70.4 Å². The van der Waals surface area contributed by atoms with Gasteiger partial charge in [-0.05, 0) is 47.5 Å². The Balaban J connectivity index is 1.52. The topological polar surface area (TPSA) is 49.4 Å². The molecule has 2 aromatic carbocycles. The molecule has 27 heavy (non-hydrogen) atoms. The van der Waals surface area contributed by atoms with Crippen molar-refractivity contribution in [3.8, 4) is 0 Å². The van der Waals surface area contributed by atoms with E-state index < -0.39 is 6.04 Å². The lowest BCUT2D eigenvalue weighted by atomic mass is 9.99. The van der Waals surface area contributed by atoms with Crippen molar-refractivity contribution in [1.82, 2.24) is 10.2 Å². The number of rotatable bonds is 4. The van der Waals surface area contributed by atoms with E-state index in [2.05, 4.69) is 29.6 Å². The van der Waals surface area contributed by atoms with E-state index in [9.17, 15) is 9.59 Å². The van der Waals surface area contributed by atoms with Crippen LogP contribution < -0.4 is 5.32 Å². The number of carbonyl (C=O) groups excluding carboxylic acids is 2. The van der Waals surface area contributed by atoms with E-state index in [4.69, 9.17) is 0 Å². The van der Waals surface area contributed by atoms with Crippen molar-refractivity contribution < 1.29 is 9.59 Å². The summed E-state index contributed by atoms with van der Waals surface area (Å²) in [6.07, 6.45) is 1.57. The Morgan fingerprint density at radius 1 is 1.11 bits per heavy atom. The monoisotopic (exact) mass is 378 g/mol. The number of fused-ring (bicyclic) bond motifs is 1. The Morgan fingerprint density at radius 3 is 2.74 bits per heavy atom. The summed E-state index contributed by atoms with van der Waals surface area (Å²) in [4.78, 5) is 28.1. The Morgan fingerprint density at radius 2 is 1.93 bits per heavy atom. The van der Waals surface area contributed by atoms with Gasteiger partial charge in [0.1, 0.15) is 6.04 Å². The highest BCUT2D eigenvalue weighted by Gasteiger charge is 2.35. The second-order valence-corrected chi connectivity index (χ2v) is 7.88. The number of amides is 2. The van der Waals surface area contributed by atoms with Gasteiger partial charge in [0.2, 0.25) is 5.91 Å². The minimum absolute atomic E-state index is 0.0412. The third kappa shape index (κ3) is 3.47. The van der Waals surface area contributed by atoms with Gasteiger partial charge < -0.3 is 10.2 Å². The normalized spacial score (nSPS) is 17.8. The first-order valence-corrected chi connectivity index (χ1v) is 10.2. The number of nitrogens with one attached hydrogen (secondary N) is 1. The van der Waals surface area contributed by atoms with Gasteiger partial charge in [-0.2, -0.15) is 0 Å². The van der Waals surface area contributed by atoms with Crippen LogP contribution >= 0.6 is 11.3 Å². The largest absolute Gasteiger partial charge is 0.348 e. The molecular weight excluding hydrogens is 356 g/mol. The zero-order chi connectivity index (χ0) is 18.8. The molecule has 1 fully saturated rings. The number of likely N-dealkylation sites (tertiary alicyclic amines) is 1. The molecule has 2 amide bonds. The molecule has 1 N–H and O–H groups in total. The molecule has 138 valence electrons. The molecule has 1 saturated heterocycles. The molecule has 0 saturated carbocycles. The predicted molar refractivity (Wildman–Crippen MR) is 109 cm³/mol. The number of hydrogen-bond donors (Lipinski definition) is 1. The van der Waals surface area contributed by atoms with Crippen LogP contribution in [0.5, 0.6) is 0 Å². The highest BCUT2D eigenvalue weighted by Crippen LogP contribution is 2.26. The molecule has 0 aliphatic carbocycles. The van der Waals surface area contributed by atoms with Gasteiger partial charge in [0.25, 0.3) is 5.91 Å². The van der Waals surface area contributed by atoms with E-state index >= 15 is 0 Å². The molecule has 2 heterocycles. The van der Waals surface area contributed by atoms with Gasteiger partial charge in [0, 0.05) is 6.54 Å². The van der Waals surface area contributed by atoms with Gasteiger partial charge in [-0.1, -0.05) is 48.5 Å². The van der Waals surface area contributed by atoms with Crippen molar-refractivity contribution in [3.63, 3.8) is 0 Å². The number of thiophene rings is 1. The minimum atomic E-state index is -0.392. The molecular formula is C22H22N2O2S. The van der Waals surface area contributed by atoms with Crippen molar-refractivity contribution in [2.24, 2.45) is 0 Å². The van der Waals surface area contributed by atoms with Crippen LogP contribution in [0.1, 0.15) is 41.0 Å². The third-order valence-electron chi connectivity index (χ3n) is 5.20. The van der Waals surface area contributed by atoms with Gasteiger partial charge in [-0.15, -0.1) is 11.3 Å². The smallest absolute Gasteiger partial charge is 0.264 e. The molecule has 3 aromatic rings. The standard InChI is InChI=1S/C22H22N2O2S/c1-15(17-10-4-8-16-7-2-3-9-18(16)17)23-21(25)19-11-5-13-24(19)22(26)20-12-6-14-27-20/h2-4,6-10,12,14-15,19H,5,11,13H2,1H3,(H,23,25)/t15-,19-/m1/s1. The van der Waals surface area contributed by atoms with Crippen molar-refractivity contribution in [1.29, 1.82) is 0 Å². The first kappa shape index (κ1) is 17.7. The summed E-state index contributed by atoms with van der Waals surface area (Å²) in [6, 6.07) is 17.5. The van der Waals surface area contributed by atoms with E-state index in [0.29, 0.717) is 17.8 Å². The maximum atomic E-state index is 12.9. The lowest BCUT2D eigenvalue weighted by Gasteiger charge is -2.25. The number of nitrogens with zero attached hydrogens (tertiary/aromatic N) is 1. The number of benzene rings is 2. The molecule has 4 rings (SSSR count). The van der Waals surface area contributed by atoms with Crippen LogP contribution in [-0.4, -0.2) is 29.3 Å². The van der Waals surface area contributed by atoms with Crippen molar-refractivity contribution in [2.45, 2.75) is 31.8 Å². The van der Waals surface area contributed by atoms with Crippen molar-refractivity contribution >= 4 is 33.9 Å². The molecule has 0 unspecified atom stereocenters. The average Bonchev–Trinajstić information content (AvgIpc) is 3.38. The molecule has 4 nitrogen and oxygen atoms in total. The lowest BCUT2D eigenvalue weighted by molar-refractivity contribution is -0.125. The van der Waals surface area contributed by atoms with E-state index in [1.165, 1.54) is 11.3 Å². The van der Waals surface area contributed by atoms with Gasteiger partial charge >= 0.3 is 0 Å². The third-order valence-corrected chi connectivity index (χ3v) is 6.05. The maximum absolute atomic E-state index is 12.9. The zero-order valence-corrected chi connectivity index (χ0v) is 16.0. The fourth-order valence-corrected chi connectivity index (χ4v) is 4.52.